The maximum atomic E-state index is 9.51. The van der Waals surface area contributed by atoms with Gasteiger partial charge in [0.1, 0.15) is 0 Å². The van der Waals surface area contributed by atoms with E-state index in [2.05, 4.69) is 25.9 Å². The van der Waals surface area contributed by atoms with Crippen molar-refractivity contribution in [3.05, 3.63) is 16.8 Å². The van der Waals surface area contributed by atoms with Crippen LogP contribution < -0.4 is 4.90 Å². The first-order valence-electron chi connectivity index (χ1n) is 6.48. The molecule has 0 aliphatic carbocycles. The highest BCUT2D eigenvalue weighted by Gasteiger charge is 2.26. The summed E-state index contributed by atoms with van der Waals surface area (Å²) in [6, 6.07) is 0. The third-order valence-corrected chi connectivity index (χ3v) is 1.50. The Kier molecular flexibility index (Phi) is 0.804. The van der Waals surface area contributed by atoms with E-state index in [-0.39, 0.29) is 4.47 Å². The van der Waals surface area contributed by atoms with E-state index in [1.165, 1.54) is 0 Å². The highest BCUT2D eigenvalue weighted by molar-refractivity contribution is 9.10. The van der Waals surface area contributed by atoms with Crippen LogP contribution in [0.25, 0.3) is 0 Å². The molecule has 0 aromatic carbocycles. The Morgan fingerprint density at radius 2 is 2.33 bits per heavy atom. The zero-order valence-electron chi connectivity index (χ0n) is 12.7. The van der Waals surface area contributed by atoms with Gasteiger partial charge in [-0.1, -0.05) is 0 Å². The molecule has 1 saturated heterocycles. The second kappa shape index (κ2) is 2.99. The fourth-order valence-electron chi connectivity index (χ4n) is 0.660. The number of aromatic nitrogens is 2. The normalized spacial score (nSPS) is 37.2. The number of anilines is 1. The van der Waals surface area contributed by atoms with Gasteiger partial charge in [0, 0.05) is 25.3 Å². The lowest BCUT2D eigenvalue weighted by Gasteiger charge is -2.35. The molecule has 64 valence electrons. The molecule has 1 N–H and O–H groups in total. The van der Waals surface area contributed by atoms with Crippen molar-refractivity contribution < 1.29 is 14.7 Å². The second-order valence-corrected chi connectivity index (χ2v) is 2.76. The zero-order chi connectivity index (χ0) is 14.8. The summed E-state index contributed by atoms with van der Waals surface area (Å²) < 4.78 is 52.3. The summed E-state index contributed by atoms with van der Waals surface area (Å²) in [7, 11) is 0. The maximum Gasteiger partial charge on any atom is 0.225 e. The molecule has 0 saturated carbocycles. The Morgan fingerprint density at radius 1 is 1.75 bits per heavy atom. The Morgan fingerprint density at radius 3 is 2.92 bits per heavy atom. The van der Waals surface area contributed by atoms with Crippen LogP contribution in [-0.2, 0) is 0 Å². The van der Waals surface area contributed by atoms with Crippen LogP contribution in [0.3, 0.4) is 0 Å². The molecule has 2 heterocycles. The van der Waals surface area contributed by atoms with Crippen LogP contribution in [0.1, 0.15) is 9.60 Å². The van der Waals surface area contributed by atoms with Crippen molar-refractivity contribution in [3.8, 4) is 0 Å². The fraction of sp³-hybridized carbons (Fsp3) is 0.429. The molecule has 1 aliphatic heterocycles. The van der Waals surface area contributed by atoms with Crippen molar-refractivity contribution in [2.75, 3.05) is 17.9 Å². The number of hydrogen-bond acceptors (Lipinski definition) is 4. The Hall–Kier alpha value is -0.680. The van der Waals surface area contributed by atoms with Gasteiger partial charge in [-0.05, 0) is 15.9 Å². The molecule has 5 heteroatoms. The lowest BCUT2D eigenvalue weighted by molar-refractivity contribution is 0.140. The van der Waals surface area contributed by atoms with E-state index in [4.69, 9.17) is 9.60 Å². The molecule has 0 radical (unpaired) electrons. The van der Waals surface area contributed by atoms with Crippen molar-refractivity contribution in [1.82, 2.24) is 9.97 Å². The van der Waals surface area contributed by atoms with Gasteiger partial charge < -0.3 is 10.0 Å². The van der Waals surface area contributed by atoms with Crippen LogP contribution in [0.5, 0.6) is 0 Å². The van der Waals surface area contributed by atoms with Gasteiger partial charge in [0.05, 0.1) is 20.1 Å². The van der Waals surface area contributed by atoms with Gasteiger partial charge in [-0.25, -0.2) is 9.97 Å². The average Bonchev–Trinajstić information content (AvgIpc) is 2.24. The monoisotopic (exact) mass is 236 g/mol. The minimum atomic E-state index is -3.00. The molecule has 1 aromatic heterocycles. The van der Waals surface area contributed by atoms with Crippen molar-refractivity contribution in [2.24, 2.45) is 0 Å². The lowest BCUT2D eigenvalue weighted by atomic mass is 10.2. The molecule has 1 aromatic rings. The van der Waals surface area contributed by atoms with Gasteiger partial charge in [0.25, 0.3) is 0 Å². The standard InChI is InChI=1S/C7H8BrN3O/c8-5-1-9-7(10-2-5)11-3-6(12)4-11/h1-2,6,12H,3-4H2/i1D,2D,3D2,4D2,6D. The summed E-state index contributed by atoms with van der Waals surface area (Å²) in [5, 5.41) is 9.51. The van der Waals surface area contributed by atoms with E-state index in [9.17, 15) is 5.11 Å². The number of β-amino-alcohol motifs (C(OH)–C–C–N with tert-alkyl or cyclic N) is 1. The molecular weight excluding hydrogens is 222 g/mol. The van der Waals surface area contributed by atoms with E-state index in [1.54, 1.807) is 0 Å². The maximum absolute atomic E-state index is 9.51. The minimum Gasteiger partial charge on any atom is -0.389 e. The third kappa shape index (κ3) is 1.42. The molecule has 0 unspecified atom stereocenters. The zero-order valence-corrected chi connectivity index (χ0v) is 7.25. The van der Waals surface area contributed by atoms with E-state index in [0.29, 0.717) is 4.90 Å². The van der Waals surface area contributed by atoms with Crippen molar-refractivity contribution >= 4 is 21.9 Å². The second-order valence-electron chi connectivity index (χ2n) is 1.97. The largest absolute Gasteiger partial charge is 0.389 e. The molecule has 12 heavy (non-hydrogen) atoms. The quantitative estimate of drug-likeness (QED) is 0.769. The SMILES string of the molecule is [2H]c1nc(N2C([2H])([2H])C([2H])(O)C2([2H])[2H])nc([2H])c1Br. The first-order valence-corrected chi connectivity index (χ1v) is 3.77. The van der Waals surface area contributed by atoms with Gasteiger partial charge >= 0.3 is 0 Å². The van der Waals surface area contributed by atoms with Crippen molar-refractivity contribution in [2.45, 2.75) is 6.08 Å². The molecule has 1 aliphatic rings. The lowest BCUT2D eigenvalue weighted by Crippen LogP contribution is -2.51. The van der Waals surface area contributed by atoms with Gasteiger partial charge in [-0.2, -0.15) is 0 Å². The average molecular weight is 237 g/mol. The Labute approximate surface area is 88.2 Å². The number of rotatable bonds is 1. The first kappa shape index (κ1) is 3.23. The van der Waals surface area contributed by atoms with Gasteiger partial charge in [-0.3, -0.25) is 0 Å². The Bertz CT molecular complexity index is 510. The Balaban J connectivity index is 2.55. The molecular formula is C7H8BrN3O. The topological polar surface area (TPSA) is 49.2 Å². The summed E-state index contributed by atoms with van der Waals surface area (Å²) in [4.78, 5) is 7.45. The minimum absolute atomic E-state index is 0.0148. The predicted octanol–water partition coefficient (Wildman–Crippen LogP) is 0.420. The summed E-state index contributed by atoms with van der Waals surface area (Å²) in [5.74, 6) is -0.565. The van der Waals surface area contributed by atoms with Crippen molar-refractivity contribution in [3.63, 3.8) is 0 Å². The summed E-state index contributed by atoms with van der Waals surface area (Å²) in [6.45, 7) is -5.55. The highest BCUT2D eigenvalue weighted by atomic mass is 79.9. The van der Waals surface area contributed by atoms with Crippen LogP contribution >= 0.6 is 15.9 Å². The van der Waals surface area contributed by atoms with Crippen LogP contribution in [0.15, 0.2) is 16.8 Å². The van der Waals surface area contributed by atoms with Crippen LogP contribution in [0, 0.1) is 0 Å². The first-order chi connectivity index (χ1) is 8.44. The van der Waals surface area contributed by atoms with E-state index < -0.39 is 37.4 Å². The van der Waals surface area contributed by atoms with Crippen LogP contribution in [-0.4, -0.2) is 34.1 Å². The van der Waals surface area contributed by atoms with Gasteiger partial charge in [-0.15, -0.1) is 0 Å². The van der Waals surface area contributed by atoms with Crippen LogP contribution in [0.4, 0.5) is 5.95 Å². The van der Waals surface area contributed by atoms with Crippen LogP contribution in [0.2, 0.25) is 0 Å². The van der Waals surface area contributed by atoms with E-state index in [0.717, 1.165) is 0 Å². The molecule has 0 bridgehead atoms. The molecule has 1 fully saturated rings. The highest BCUT2D eigenvalue weighted by Crippen LogP contribution is 2.16. The number of hydrogen-bond donors (Lipinski definition) is 1. The molecule has 2 rings (SSSR count). The molecule has 0 atom stereocenters. The van der Waals surface area contributed by atoms with Gasteiger partial charge in [0.2, 0.25) is 5.95 Å². The smallest absolute Gasteiger partial charge is 0.225 e. The summed E-state index contributed by atoms with van der Waals surface area (Å²) in [5.41, 5.74) is 0. The molecule has 0 amide bonds. The fourth-order valence-corrected chi connectivity index (χ4v) is 0.837. The van der Waals surface area contributed by atoms with Gasteiger partial charge in [0.15, 0.2) is 0 Å². The van der Waals surface area contributed by atoms with E-state index in [1.807, 2.05) is 0 Å². The molecule has 0 spiro atoms. The third-order valence-electron chi connectivity index (χ3n) is 1.14. The summed E-state index contributed by atoms with van der Waals surface area (Å²) in [6.07, 6.45) is -3.83. The van der Waals surface area contributed by atoms with Crippen molar-refractivity contribution in [1.29, 1.82) is 0 Å². The number of halogens is 1. The summed E-state index contributed by atoms with van der Waals surface area (Å²) >= 11 is 2.89. The number of nitrogens with zero attached hydrogens (tertiary/aromatic N) is 3. The molecule has 4 nitrogen and oxygen atoms in total. The number of aliphatic hydroxyl groups is 1. The predicted molar refractivity (Wildman–Crippen MR) is 48.0 cm³/mol. The van der Waals surface area contributed by atoms with E-state index >= 15 is 0 Å².